The maximum Gasteiger partial charge on any atom is 0.323 e. The van der Waals surface area contributed by atoms with Crippen molar-refractivity contribution in [3.63, 3.8) is 0 Å². The van der Waals surface area contributed by atoms with Crippen LogP contribution in [0.2, 0.25) is 0 Å². The van der Waals surface area contributed by atoms with Crippen molar-refractivity contribution in [2.24, 2.45) is 0 Å². The van der Waals surface area contributed by atoms with Gasteiger partial charge in [-0.1, -0.05) is 13.8 Å². The predicted molar refractivity (Wildman–Crippen MR) is 90.5 cm³/mol. The fraction of sp³-hybridized carbons (Fsp3) is 0.786. The normalized spacial score (nSPS) is 10.4. The minimum Gasteiger partial charge on any atom is -0.463 e. The molecular weight excluding hydrogens is 286 g/mol. The van der Waals surface area contributed by atoms with E-state index < -0.39 is 0 Å². The molecule has 1 aromatic rings. The molecule has 0 aliphatic rings. The summed E-state index contributed by atoms with van der Waals surface area (Å²) in [6.45, 7) is 6.48. The quantitative estimate of drug-likeness (QED) is 0.575. The lowest BCUT2D eigenvalue weighted by Crippen LogP contribution is -2.12. The third-order valence-electron chi connectivity index (χ3n) is 2.64. The smallest absolute Gasteiger partial charge is 0.323 e. The first-order valence-corrected chi connectivity index (χ1v) is 9.05. The number of nitrogens with zero attached hydrogens (tertiary/aromatic N) is 3. The van der Waals surface area contributed by atoms with Gasteiger partial charge in [0.1, 0.15) is 0 Å². The van der Waals surface area contributed by atoms with E-state index in [1.165, 1.54) is 12.2 Å². The summed E-state index contributed by atoms with van der Waals surface area (Å²) in [5, 5.41) is 6.42. The van der Waals surface area contributed by atoms with E-state index in [0.717, 1.165) is 32.4 Å². The molecule has 0 saturated heterocycles. The van der Waals surface area contributed by atoms with Crippen molar-refractivity contribution in [2.75, 3.05) is 42.3 Å². The number of hydrogen-bond acceptors (Lipinski definition) is 7. The molecule has 1 heterocycles. The van der Waals surface area contributed by atoms with E-state index >= 15 is 0 Å². The van der Waals surface area contributed by atoms with Crippen LogP contribution in [0.3, 0.4) is 0 Å². The number of hydrogen-bond donors (Lipinski definition) is 2. The van der Waals surface area contributed by atoms with Crippen LogP contribution in [0.1, 0.15) is 39.5 Å². The van der Waals surface area contributed by atoms with Crippen molar-refractivity contribution in [3.05, 3.63) is 0 Å². The maximum atomic E-state index is 5.52. The van der Waals surface area contributed by atoms with Crippen LogP contribution < -0.4 is 15.4 Å². The molecule has 0 aliphatic heterocycles. The van der Waals surface area contributed by atoms with E-state index in [0.29, 0.717) is 24.5 Å². The van der Waals surface area contributed by atoms with Crippen molar-refractivity contribution in [2.45, 2.75) is 39.5 Å². The topological polar surface area (TPSA) is 72.0 Å². The van der Waals surface area contributed by atoms with E-state index in [1.54, 1.807) is 0 Å². The predicted octanol–water partition coefficient (Wildman–Crippen LogP) is 3.04. The Morgan fingerprint density at radius 2 is 1.67 bits per heavy atom. The third-order valence-corrected chi connectivity index (χ3v) is 3.34. The summed E-state index contributed by atoms with van der Waals surface area (Å²) < 4.78 is 5.52. The summed E-state index contributed by atoms with van der Waals surface area (Å²) in [5.41, 5.74) is 0. The van der Waals surface area contributed by atoms with Gasteiger partial charge in [0.25, 0.3) is 0 Å². The SMILES string of the molecule is CCCNc1nc(NCCCCSC)nc(OCCC)n1. The monoisotopic (exact) mass is 313 g/mol. The lowest BCUT2D eigenvalue weighted by molar-refractivity contribution is 0.292. The first-order chi connectivity index (χ1) is 10.3. The minimum absolute atomic E-state index is 0.386. The van der Waals surface area contributed by atoms with E-state index in [1.807, 2.05) is 11.8 Å². The zero-order chi connectivity index (χ0) is 15.3. The summed E-state index contributed by atoms with van der Waals surface area (Å²) in [6, 6.07) is 0.386. The number of aromatic nitrogens is 3. The van der Waals surface area contributed by atoms with Gasteiger partial charge in [0.15, 0.2) is 0 Å². The molecule has 0 aromatic carbocycles. The van der Waals surface area contributed by atoms with E-state index in [4.69, 9.17) is 4.74 Å². The average molecular weight is 313 g/mol. The largest absolute Gasteiger partial charge is 0.463 e. The van der Waals surface area contributed by atoms with Gasteiger partial charge in [0.05, 0.1) is 6.61 Å². The van der Waals surface area contributed by atoms with Crippen LogP contribution >= 0.6 is 11.8 Å². The van der Waals surface area contributed by atoms with Crippen LogP contribution in [-0.2, 0) is 0 Å². The Balaban J connectivity index is 2.57. The zero-order valence-electron chi connectivity index (χ0n) is 13.3. The Hall–Kier alpha value is -1.24. The number of nitrogens with one attached hydrogen (secondary N) is 2. The molecular formula is C14H27N5OS. The molecule has 120 valence electrons. The maximum absolute atomic E-state index is 5.52. The molecule has 0 amide bonds. The molecule has 0 spiro atoms. The molecule has 7 heteroatoms. The molecule has 21 heavy (non-hydrogen) atoms. The molecule has 0 fully saturated rings. The second-order valence-corrected chi connectivity index (χ2v) is 5.65. The van der Waals surface area contributed by atoms with Crippen LogP contribution in [-0.4, -0.2) is 46.7 Å². The number of anilines is 2. The Labute approximate surface area is 131 Å². The van der Waals surface area contributed by atoms with Crippen molar-refractivity contribution < 1.29 is 4.74 Å². The molecule has 1 rings (SSSR count). The highest BCUT2D eigenvalue weighted by atomic mass is 32.2. The van der Waals surface area contributed by atoms with E-state index in [2.05, 4.69) is 45.7 Å². The van der Waals surface area contributed by atoms with E-state index in [9.17, 15) is 0 Å². The Bertz CT molecular complexity index is 365. The summed E-state index contributed by atoms with van der Waals surface area (Å²) >= 11 is 1.87. The number of rotatable bonds is 12. The average Bonchev–Trinajstić information content (AvgIpc) is 2.50. The molecule has 0 bridgehead atoms. The molecule has 0 unspecified atom stereocenters. The van der Waals surface area contributed by atoms with Crippen LogP contribution in [0.4, 0.5) is 11.9 Å². The Morgan fingerprint density at radius 3 is 2.29 bits per heavy atom. The molecule has 0 aliphatic carbocycles. The third kappa shape index (κ3) is 7.94. The highest BCUT2D eigenvalue weighted by Gasteiger charge is 2.06. The van der Waals surface area contributed by atoms with Crippen LogP contribution in [0.25, 0.3) is 0 Å². The highest BCUT2D eigenvalue weighted by molar-refractivity contribution is 7.98. The van der Waals surface area contributed by atoms with Crippen molar-refractivity contribution >= 4 is 23.7 Å². The number of unbranched alkanes of at least 4 members (excludes halogenated alkanes) is 1. The van der Waals surface area contributed by atoms with Gasteiger partial charge in [0.2, 0.25) is 11.9 Å². The highest BCUT2D eigenvalue weighted by Crippen LogP contribution is 2.12. The van der Waals surface area contributed by atoms with Crippen LogP contribution in [0.5, 0.6) is 6.01 Å². The van der Waals surface area contributed by atoms with Gasteiger partial charge in [-0.2, -0.15) is 26.7 Å². The van der Waals surface area contributed by atoms with Gasteiger partial charge >= 0.3 is 6.01 Å². The summed E-state index contributed by atoms with van der Waals surface area (Å²) in [6.07, 6.45) is 6.38. The second-order valence-electron chi connectivity index (χ2n) is 4.67. The number of ether oxygens (including phenoxy) is 1. The Morgan fingerprint density at radius 1 is 0.952 bits per heavy atom. The molecule has 2 N–H and O–H groups in total. The zero-order valence-corrected chi connectivity index (χ0v) is 14.1. The molecule has 1 aromatic heterocycles. The fourth-order valence-electron chi connectivity index (χ4n) is 1.58. The van der Waals surface area contributed by atoms with Crippen molar-refractivity contribution in [3.8, 4) is 6.01 Å². The van der Waals surface area contributed by atoms with Crippen LogP contribution in [0, 0.1) is 0 Å². The lowest BCUT2D eigenvalue weighted by atomic mass is 10.3. The standard InChI is InChI=1S/C14H27N5OS/c1-4-8-15-12-17-13(16-9-6-7-11-21-3)19-14(18-12)20-10-5-2/h4-11H2,1-3H3,(H2,15,16,17,18,19). The molecule has 0 radical (unpaired) electrons. The number of thioether (sulfide) groups is 1. The van der Waals surface area contributed by atoms with Crippen LogP contribution in [0.15, 0.2) is 0 Å². The summed E-state index contributed by atoms with van der Waals surface area (Å²) in [7, 11) is 0. The minimum atomic E-state index is 0.386. The van der Waals surface area contributed by atoms with Gasteiger partial charge in [0, 0.05) is 13.1 Å². The first-order valence-electron chi connectivity index (χ1n) is 7.65. The molecule has 6 nitrogen and oxygen atoms in total. The van der Waals surface area contributed by atoms with Gasteiger partial charge < -0.3 is 15.4 Å². The summed E-state index contributed by atoms with van der Waals surface area (Å²) in [4.78, 5) is 12.9. The lowest BCUT2D eigenvalue weighted by Gasteiger charge is -2.10. The van der Waals surface area contributed by atoms with Gasteiger partial charge in [-0.25, -0.2) is 0 Å². The van der Waals surface area contributed by atoms with E-state index in [-0.39, 0.29) is 0 Å². The molecule has 0 atom stereocenters. The van der Waals surface area contributed by atoms with Gasteiger partial charge in [-0.3, -0.25) is 0 Å². The summed E-state index contributed by atoms with van der Waals surface area (Å²) in [5.74, 6) is 2.34. The van der Waals surface area contributed by atoms with Crippen molar-refractivity contribution in [1.29, 1.82) is 0 Å². The van der Waals surface area contributed by atoms with Gasteiger partial charge in [-0.05, 0) is 37.7 Å². The fourth-order valence-corrected chi connectivity index (χ4v) is 2.07. The molecule has 0 saturated carbocycles. The Kier molecular flexibility index (Phi) is 9.69. The van der Waals surface area contributed by atoms with Gasteiger partial charge in [-0.15, -0.1) is 0 Å². The first kappa shape index (κ1) is 17.8. The van der Waals surface area contributed by atoms with Crippen molar-refractivity contribution in [1.82, 2.24) is 15.0 Å². The second kappa shape index (κ2) is 11.4.